The summed E-state index contributed by atoms with van der Waals surface area (Å²) in [6.45, 7) is 7.30. The Labute approximate surface area is 136 Å². The zero-order valence-electron chi connectivity index (χ0n) is 13.8. The van der Waals surface area contributed by atoms with E-state index in [1.807, 2.05) is 32.9 Å². The number of carbonyl (C=O) groups excluding carboxylic acids is 2. The topological polar surface area (TPSA) is 71.1 Å². The number of benzene rings is 1. The van der Waals surface area contributed by atoms with Crippen LogP contribution in [0.15, 0.2) is 42.7 Å². The summed E-state index contributed by atoms with van der Waals surface area (Å²) in [5, 5.41) is 6.06. The van der Waals surface area contributed by atoms with Gasteiger partial charge < -0.3 is 10.6 Å². The average Bonchev–Trinajstić information content (AvgIpc) is 2.46. The molecule has 0 aliphatic rings. The number of anilines is 2. The molecule has 5 nitrogen and oxygen atoms in total. The van der Waals surface area contributed by atoms with Gasteiger partial charge in [0.15, 0.2) is 5.78 Å². The van der Waals surface area contributed by atoms with Gasteiger partial charge in [0, 0.05) is 23.0 Å². The van der Waals surface area contributed by atoms with Crippen molar-refractivity contribution in [2.24, 2.45) is 0 Å². The second-order valence-corrected chi connectivity index (χ2v) is 6.43. The Bertz CT molecular complexity index is 733. The summed E-state index contributed by atoms with van der Waals surface area (Å²) in [4.78, 5) is 27.7. The summed E-state index contributed by atoms with van der Waals surface area (Å²) in [6, 6.07) is 8.93. The lowest BCUT2D eigenvalue weighted by Crippen LogP contribution is -2.40. The largest absolute Gasteiger partial charge is 0.354 e. The third-order valence-electron chi connectivity index (χ3n) is 3.05. The third-order valence-corrected chi connectivity index (χ3v) is 3.05. The number of aromatic nitrogens is 1. The molecule has 0 unspecified atom stereocenters. The number of nitrogens with one attached hydrogen (secondary N) is 2. The lowest BCUT2D eigenvalue weighted by Gasteiger charge is -2.20. The Hall–Kier alpha value is -2.69. The number of hydrogen-bond acceptors (Lipinski definition) is 4. The van der Waals surface area contributed by atoms with Crippen molar-refractivity contribution in [1.29, 1.82) is 0 Å². The minimum atomic E-state index is -0.309. The van der Waals surface area contributed by atoms with Crippen LogP contribution in [-0.4, -0.2) is 22.2 Å². The van der Waals surface area contributed by atoms with Crippen LogP contribution in [0.4, 0.5) is 11.4 Å². The molecule has 5 heteroatoms. The van der Waals surface area contributed by atoms with Gasteiger partial charge in [0.25, 0.3) is 5.91 Å². The fraction of sp³-hybridized carbons (Fsp3) is 0.278. The molecule has 0 fully saturated rings. The quantitative estimate of drug-likeness (QED) is 0.847. The minimum Gasteiger partial charge on any atom is -0.354 e. The number of hydrogen-bond donors (Lipinski definition) is 2. The van der Waals surface area contributed by atoms with Crippen molar-refractivity contribution in [3.8, 4) is 0 Å². The van der Waals surface area contributed by atoms with E-state index in [0.717, 1.165) is 5.69 Å². The van der Waals surface area contributed by atoms with Crippen LogP contribution in [0.3, 0.4) is 0 Å². The molecule has 2 N–H and O–H groups in total. The van der Waals surface area contributed by atoms with Crippen LogP contribution >= 0.6 is 0 Å². The number of carbonyl (C=O) groups is 2. The molecule has 0 aliphatic carbocycles. The summed E-state index contributed by atoms with van der Waals surface area (Å²) in [7, 11) is 0. The SMILES string of the molecule is CC(=O)c1cccc(Nc2cncc(C(=O)NC(C)(C)C)c2)c1. The summed E-state index contributed by atoms with van der Waals surface area (Å²) in [5.41, 5.74) is 2.26. The Morgan fingerprint density at radius 2 is 1.70 bits per heavy atom. The summed E-state index contributed by atoms with van der Waals surface area (Å²) in [6.07, 6.45) is 3.16. The molecule has 1 heterocycles. The van der Waals surface area contributed by atoms with Gasteiger partial charge in [0.05, 0.1) is 17.4 Å². The summed E-state index contributed by atoms with van der Waals surface area (Å²) in [5.74, 6) is -0.170. The Morgan fingerprint density at radius 1 is 1.00 bits per heavy atom. The predicted molar refractivity (Wildman–Crippen MR) is 91.2 cm³/mol. The first-order valence-corrected chi connectivity index (χ1v) is 7.40. The number of Topliss-reactive ketones (excluding diaryl/α,β-unsaturated/α-hetero) is 1. The van der Waals surface area contributed by atoms with Crippen molar-refractivity contribution >= 4 is 23.1 Å². The van der Waals surface area contributed by atoms with Crippen LogP contribution in [0.1, 0.15) is 48.4 Å². The standard InChI is InChI=1S/C18H21N3O2/c1-12(22)13-6-5-7-15(8-13)20-16-9-14(10-19-11-16)17(23)21-18(2,3)4/h5-11,20H,1-4H3,(H,21,23). The number of ketones is 1. The highest BCUT2D eigenvalue weighted by molar-refractivity contribution is 5.96. The molecule has 0 radical (unpaired) electrons. The molecular formula is C18H21N3O2. The molecule has 120 valence electrons. The average molecular weight is 311 g/mol. The molecule has 1 amide bonds. The van der Waals surface area contributed by atoms with Crippen molar-refractivity contribution in [3.05, 3.63) is 53.9 Å². The van der Waals surface area contributed by atoms with E-state index in [1.54, 1.807) is 24.4 Å². The van der Waals surface area contributed by atoms with Crippen LogP contribution in [0.2, 0.25) is 0 Å². The molecule has 2 aromatic rings. The molecular weight excluding hydrogens is 290 g/mol. The van der Waals surface area contributed by atoms with Crippen LogP contribution in [0.25, 0.3) is 0 Å². The van der Waals surface area contributed by atoms with Crippen LogP contribution in [0, 0.1) is 0 Å². The molecule has 23 heavy (non-hydrogen) atoms. The predicted octanol–water partition coefficient (Wildman–Crippen LogP) is 3.56. The van der Waals surface area contributed by atoms with Crippen LogP contribution in [-0.2, 0) is 0 Å². The smallest absolute Gasteiger partial charge is 0.253 e. The first kappa shape index (κ1) is 16.7. The zero-order chi connectivity index (χ0) is 17.0. The minimum absolute atomic E-state index is 0.00470. The number of rotatable bonds is 4. The van der Waals surface area contributed by atoms with Gasteiger partial charge in [-0.1, -0.05) is 12.1 Å². The van der Waals surface area contributed by atoms with E-state index in [2.05, 4.69) is 15.6 Å². The summed E-state index contributed by atoms with van der Waals surface area (Å²) < 4.78 is 0. The van der Waals surface area contributed by atoms with Gasteiger partial charge in [-0.2, -0.15) is 0 Å². The van der Waals surface area contributed by atoms with Crippen molar-refractivity contribution in [3.63, 3.8) is 0 Å². The van der Waals surface area contributed by atoms with Gasteiger partial charge in [0.1, 0.15) is 0 Å². The molecule has 0 aliphatic heterocycles. The highest BCUT2D eigenvalue weighted by Gasteiger charge is 2.15. The highest BCUT2D eigenvalue weighted by atomic mass is 16.1. The van der Waals surface area contributed by atoms with Crippen molar-refractivity contribution < 1.29 is 9.59 Å². The maximum atomic E-state index is 12.2. The van der Waals surface area contributed by atoms with E-state index in [-0.39, 0.29) is 17.2 Å². The lowest BCUT2D eigenvalue weighted by atomic mass is 10.1. The molecule has 0 saturated carbocycles. The monoisotopic (exact) mass is 311 g/mol. The number of nitrogens with zero attached hydrogens (tertiary/aromatic N) is 1. The van der Waals surface area contributed by atoms with Crippen molar-refractivity contribution in [1.82, 2.24) is 10.3 Å². The normalized spacial score (nSPS) is 11.0. The summed E-state index contributed by atoms with van der Waals surface area (Å²) >= 11 is 0. The first-order valence-electron chi connectivity index (χ1n) is 7.40. The van der Waals surface area contributed by atoms with E-state index in [0.29, 0.717) is 16.8 Å². The second kappa shape index (κ2) is 6.60. The van der Waals surface area contributed by atoms with Gasteiger partial charge in [-0.05, 0) is 45.9 Å². The Kier molecular flexibility index (Phi) is 4.79. The molecule has 0 atom stereocenters. The molecule has 1 aromatic carbocycles. The van der Waals surface area contributed by atoms with Crippen molar-refractivity contribution in [2.45, 2.75) is 33.2 Å². The first-order chi connectivity index (χ1) is 10.7. The Morgan fingerprint density at radius 3 is 2.35 bits per heavy atom. The maximum absolute atomic E-state index is 12.2. The zero-order valence-corrected chi connectivity index (χ0v) is 13.8. The maximum Gasteiger partial charge on any atom is 0.253 e. The fourth-order valence-corrected chi connectivity index (χ4v) is 2.03. The lowest BCUT2D eigenvalue weighted by molar-refractivity contribution is 0.0918. The van der Waals surface area contributed by atoms with E-state index >= 15 is 0 Å². The van der Waals surface area contributed by atoms with E-state index < -0.39 is 0 Å². The van der Waals surface area contributed by atoms with E-state index in [1.165, 1.54) is 13.1 Å². The molecule has 0 spiro atoms. The van der Waals surface area contributed by atoms with Crippen molar-refractivity contribution in [2.75, 3.05) is 5.32 Å². The van der Waals surface area contributed by atoms with Gasteiger partial charge in [-0.3, -0.25) is 14.6 Å². The van der Waals surface area contributed by atoms with Crippen LogP contribution in [0.5, 0.6) is 0 Å². The third kappa shape index (κ3) is 4.92. The van der Waals surface area contributed by atoms with E-state index in [9.17, 15) is 9.59 Å². The van der Waals surface area contributed by atoms with Gasteiger partial charge in [-0.15, -0.1) is 0 Å². The van der Waals surface area contributed by atoms with E-state index in [4.69, 9.17) is 0 Å². The second-order valence-electron chi connectivity index (χ2n) is 6.43. The van der Waals surface area contributed by atoms with Gasteiger partial charge >= 0.3 is 0 Å². The molecule has 0 bridgehead atoms. The highest BCUT2D eigenvalue weighted by Crippen LogP contribution is 2.18. The number of amides is 1. The fourth-order valence-electron chi connectivity index (χ4n) is 2.03. The van der Waals surface area contributed by atoms with Crippen LogP contribution < -0.4 is 10.6 Å². The number of pyridine rings is 1. The molecule has 2 rings (SSSR count). The Balaban J connectivity index is 2.19. The van der Waals surface area contributed by atoms with Gasteiger partial charge in [0.2, 0.25) is 0 Å². The molecule has 0 saturated heterocycles. The molecule has 1 aromatic heterocycles. The van der Waals surface area contributed by atoms with Gasteiger partial charge in [-0.25, -0.2) is 0 Å².